The number of fused-ring (bicyclic) bond motifs is 1. The molecule has 2 fully saturated rings. The van der Waals surface area contributed by atoms with E-state index in [4.69, 9.17) is 4.74 Å². The Bertz CT molecular complexity index is 678. The van der Waals surface area contributed by atoms with E-state index in [0.29, 0.717) is 12.0 Å². The maximum Gasteiger partial charge on any atom is 0.151 e. The molecule has 4 rings (SSSR count). The quantitative estimate of drug-likeness (QED) is 0.851. The second kappa shape index (κ2) is 7.45. The zero-order chi connectivity index (χ0) is 17.1. The van der Waals surface area contributed by atoms with Gasteiger partial charge in [-0.15, -0.1) is 5.10 Å². The Hall–Kier alpha value is -2.05. The van der Waals surface area contributed by atoms with E-state index in [1.165, 1.54) is 5.56 Å². The van der Waals surface area contributed by atoms with E-state index in [2.05, 4.69) is 43.2 Å². The van der Waals surface area contributed by atoms with Crippen LogP contribution < -0.4 is 4.90 Å². The van der Waals surface area contributed by atoms with Crippen LogP contribution in [0.15, 0.2) is 36.7 Å². The molecule has 0 saturated carbocycles. The van der Waals surface area contributed by atoms with Gasteiger partial charge in [0.2, 0.25) is 0 Å². The number of hydrogen-bond acceptors (Lipinski definition) is 6. The number of pyridine rings is 1. The number of hydrogen-bond donors (Lipinski definition) is 0. The summed E-state index contributed by atoms with van der Waals surface area (Å²) < 4.78 is 6.21. The number of likely N-dealkylation sites (tertiary alicyclic amines) is 1. The molecule has 2 aromatic rings. The van der Waals surface area contributed by atoms with Crippen molar-refractivity contribution in [2.45, 2.75) is 26.0 Å². The van der Waals surface area contributed by atoms with Gasteiger partial charge in [0.25, 0.3) is 0 Å². The van der Waals surface area contributed by atoms with Crippen LogP contribution in [0.2, 0.25) is 0 Å². The lowest BCUT2D eigenvalue weighted by atomic mass is 9.93. The first-order valence-corrected chi connectivity index (χ1v) is 9.06. The van der Waals surface area contributed by atoms with Gasteiger partial charge in [0.05, 0.1) is 18.4 Å². The van der Waals surface area contributed by atoms with Crippen molar-refractivity contribution in [1.29, 1.82) is 0 Å². The van der Waals surface area contributed by atoms with Crippen molar-refractivity contribution >= 4 is 5.82 Å². The van der Waals surface area contributed by atoms with Crippen molar-refractivity contribution in [3.63, 3.8) is 0 Å². The van der Waals surface area contributed by atoms with Gasteiger partial charge >= 0.3 is 0 Å². The summed E-state index contributed by atoms with van der Waals surface area (Å²) in [5, 5.41) is 8.56. The third kappa shape index (κ3) is 3.96. The van der Waals surface area contributed by atoms with E-state index >= 15 is 0 Å². The average Bonchev–Trinajstić information content (AvgIpc) is 2.85. The van der Waals surface area contributed by atoms with E-state index in [1.54, 1.807) is 0 Å². The molecule has 2 atom stereocenters. The van der Waals surface area contributed by atoms with E-state index < -0.39 is 0 Å². The molecule has 25 heavy (non-hydrogen) atoms. The van der Waals surface area contributed by atoms with Crippen LogP contribution in [0, 0.1) is 12.8 Å². The molecule has 4 heterocycles. The minimum absolute atomic E-state index is 0.305. The van der Waals surface area contributed by atoms with Crippen molar-refractivity contribution in [2.75, 3.05) is 37.7 Å². The van der Waals surface area contributed by atoms with Gasteiger partial charge in [-0.25, -0.2) is 0 Å². The van der Waals surface area contributed by atoms with Crippen LogP contribution in [-0.4, -0.2) is 59.0 Å². The Morgan fingerprint density at radius 3 is 2.76 bits per heavy atom. The molecule has 0 amide bonds. The van der Waals surface area contributed by atoms with E-state index in [0.717, 1.165) is 57.3 Å². The minimum atomic E-state index is 0.305. The Kier molecular flexibility index (Phi) is 4.90. The summed E-state index contributed by atoms with van der Waals surface area (Å²) in [4.78, 5) is 8.93. The fourth-order valence-corrected chi connectivity index (χ4v) is 3.77. The van der Waals surface area contributed by atoms with Crippen LogP contribution in [0.3, 0.4) is 0 Å². The van der Waals surface area contributed by atoms with Crippen LogP contribution in [0.25, 0.3) is 0 Å². The van der Waals surface area contributed by atoms with Crippen molar-refractivity contribution in [2.24, 2.45) is 5.92 Å². The van der Waals surface area contributed by atoms with Gasteiger partial charge in [0.1, 0.15) is 0 Å². The second-order valence-corrected chi connectivity index (χ2v) is 7.03. The van der Waals surface area contributed by atoms with E-state index in [1.807, 2.05) is 25.4 Å². The fraction of sp³-hybridized carbons (Fsp3) is 0.526. The number of ether oxygens (including phenoxy) is 1. The van der Waals surface area contributed by atoms with Gasteiger partial charge in [0, 0.05) is 44.5 Å². The molecule has 2 aliphatic rings. The highest BCUT2D eigenvalue weighted by atomic mass is 16.5. The third-order valence-electron chi connectivity index (χ3n) is 5.19. The lowest BCUT2D eigenvalue weighted by Gasteiger charge is -2.38. The van der Waals surface area contributed by atoms with E-state index in [9.17, 15) is 0 Å². The SMILES string of the molecule is Cc1ccc(N2CCO[C@@H]3CN(Cc4ccncc4)CC[C@@H]3C2)nn1. The van der Waals surface area contributed by atoms with Gasteiger partial charge in [-0.2, -0.15) is 5.10 Å². The number of nitrogens with zero attached hydrogens (tertiary/aromatic N) is 5. The number of anilines is 1. The number of piperidine rings is 1. The topological polar surface area (TPSA) is 54.4 Å². The zero-order valence-corrected chi connectivity index (χ0v) is 14.7. The van der Waals surface area contributed by atoms with Gasteiger partial charge in [-0.05, 0) is 49.7 Å². The summed E-state index contributed by atoms with van der Waals surface area (Å²) in [6.45, 7) is 7.69. The lowest BCUT2D eigenvalue weighted by molar-refractivity contribution is -0.0239. The molecule has 0 aliphatic carbocycles. The lowest BCUT2D eigenvalue weighted by Crippen LogP contribution is -2.46. The van der Waals surface area contributed by atoms with Gasteiger partial charge in [-0.3, -0.25) is 9.88 Å². The summed E-state index contributed by atoms with van der Waals surface area (Å²) in [6, 6.07) is 8.29. The number of aryl methyl sites for hydroxylation is 1. The molecule has 0 N–H and O–H groups in total. The third-order valence-corrected chi connectivity index (χ3v) is 5.19. The number of aromatic nitrogens is 3. The maximum absolute atomic E-state index is 6.21. The monoisotopic (exact) mass is 339 g/mol. The molecular weight excluding hydrogens is 314 g/mol. The minimum Gasteiger partial charge on any atom is -0.375 e. The first-order valence-electron chi connectivity index (χ1n) is 9.06. The second-order valence-electron chi connectivity index (χ2n) is 7.03. The molecule has 0 spiro atoms. The Morgan fingerprint density at radius 2 is 1.96 bits per heavy atom. The maximum atomic E-state index is 6.21. The summed E-state index contributed by atoms with van der Waals surface area (Å²) in [5.41, 5.74) is 2.27. The van der Waals surface area contributed by atoms with Gasteiger partial charge in [-0.1, -0.05) is 0 Å². The first kappa shape index (κ1) is 16.4. The fourth-order valence-electron chi connectivity index (χ4n) is 3.77. The van der Waals surface area contributed by atoms with E-state index in [-0.39, 0.29) is 0 Å². The molecule has 132 valence electrons. The molecule has 0 radical (unpaired) electrons. The largest absolute Gasteiger partial charge is 0.375 e. The van der Waals surface area contributed by atoms with Crippen LogP contribution in [0.4, 0.5) is 5.82 Å². The molecule has 2 saturated heterocycles. The predicted molar refractivity (Wildman–Crippen MR) is 96.3 cm³/mol. The highest BCUT2D eigenvalue weighted by Gasteiger charge is 2.33. The Balaban J connectivity index is 1.39. The average molecular weight is 339 g/mol. The van der Waals surface area contributed by atoms with Crippen LogP contribution in [0.1, 0.15) is 17.7 Å². The molecule has 0 bridgehead atoms. The molecule has 0 aromatic carbocycles. The Labute approximate surface area is 148 Å². The smallest absolute Gasteiger partial charge is 0.151 e. The summed E-state index contributed by atoms with van der Waals surface area (Å²) >= 11 is 0. The predicted octanol–water partition coefficient (Wildman–Crippen LogP) is 1.91. The van der Waals surface area contributed by atoms with Crippen molar-refractivity contribution < 1.29 is 4.74 Å². The zero-order valence-electron chi connectivity index (χ0n) is 14.7. The summed E-state index contributed by atoms with van der Waals surface area (Å²) in [7, 11) is 0. The van der Waals surface area contributed by atoms with Crippen LogP contribution in [0.5, 0.6) is 0 Å². The van der Waals surface area contributed by atoms with Crippen molar-refractivity contribution in [3.05, 3.63) is 47.9 Å². The molecule has 6 heteroatoms. The summed E-state index contributed by atoms with van der Waals surface area (Å²) in [6.07, 6.45) is 5.19. The van der Waals surface area contributed by atoms with Crippen molar-refractivity contribution in [3.8, 4) is 0 Å². The van der Waals surface area contributed by atoms with Crippen LogP contribution >= 0.6 is 0 Å². The highest BCUT2D eigenvalue weighted by Crippen LogP contribution is 2.26. The highest BCUT2D eigenvalue weighted by molar-refractivity contribution is 5.37. The summed E-state index contributed by atoms with van der Waals surface area (Å²) in [5.74, 6) is 1.52. The first-order chi connectivity index (χ1) is 12.3. The molecule has 6 nitrogen and oxygen atoms in total. The molecular formula is C19H25N5O. The molecule has 0 unspecified atom stereocenters. The van der Waals surface area contributed by atoms with Gasteiger partial charge < -0.3 is 9.64 Å². The molecule has 2 aliphatic heterocycles. The van der Waals surface area contributed by atoms with Crippen molar-refractivity contribution in [1.82, 2.24) is 20.1 Å². The Morgan fingerprint density at radius 1 is 1.08 bits per heavy atom. The standard InChI is InChI=1S/C19H25N5O/c1-15-2-3-19(22-21-15)24-10-11-25-18-14-23(9-6-17(18)13-24)12-16-4-7-20-8-5-16/h2-5,7-8,17-18H,6,9-14H2,1H3/t17-,18-/m1/s1. The normalized spacial score (nSPS) is 24.6. The molecule has 2 aromatic heterocycles. The van der Waals surface area contributed by atoms with Crippen LogP contribution in [-0.2, 0) is 11.3 Å². The number of rotatable bonds is 3. The van der Waals surface area contributed by atoms with Gasteiger partial charge in [0.15, 0.2) is 5.82 Å².